The maximum atomic E-state index is 4.17. The molecule has 0 aliphatic heterocycles. The second-order valence-electron chi connectivity index (χ2n) is 2.90. The van der Waals surface area contributed by atoms with E-state index < -0.39 is 0 Å². The number of nitrogens with zero attached hydrogens (tertiary/aromatic N) is 3. The minimum atomic E-state index is 0.808. The number of hydrogen-bond acceptors (Lipinski definition) is 3. The zero-order valence-electron chi connectivity index (χ0n) is 7.36. The van der Waals surface area contributed by atoms with Crippen LogP contribution in [0.1, 0.15) is 12.5 Å². The van der Waals surface area contributed by atoms with E-state index in [2.05, 4.69) is 21.5 Å². The van der Waals surface area contributed by atoms with Crippen molar-refractivity contribution < 1.29 is 0 Å². The number of fused-ring (bicyclic) bond motifs is 1. The molecule has 0 aliphatic carbocycles. The van der Waals surface area contributed by atoms with Crippen LogP contribution < -0.4 is 0 Å². The lowest BCUT2D eigenvalue weighted by atomic mass is 10.1. The van der Waals surface area contributed by atoms with Crippen LogP contribution in [-0.4, -0.2) is 15.0 Å². The molecule has 0 atom stereocenters. The smallest absolute Gasteiger partial charge is 0.116 e. The molecule has 0 N–H and O–H groups in total. The average Bonchev–Trinajstić information content (AvgIpc) is 2.17. The zero-order valence-corrected chi connectivity index (χ0v) is 7.36. The molecule has 2 rings (SSSR count). The Morgan fingerprint density at radius 3 is 3.00 bits per heavy atom. The van der Waals surface area contributed by atoms with Gasteiger partial charge in [-0.05, 0) is 18.6 Å². The van der Waals surface area contributed by atoms with Crippen molar-refractivity contribution in [2.45, 2.75) is 6.92 Å². The standard InChI is InChI=1S/C10H9N3/c1-7(2)8-3-4-12-9-5-11-6-13-10(8)9/h3-6H,1H2,2H3. The summed E-state index contributed by atoms with van der Waals surface area (Å²) >= 11 is 0. The molecule has 0 spiro atoms. The van der Waals surface area contributed by atoms with Crippen LogP contribution in [0.3, 0.4) is 0 Å². The van der Waals surface area contributed by atoms with E-state index in [1.807, 2.05) is 13.0 Å². The van der Waals surface area contributed by atoms with E-state index in [1.165, 1.54) is 6.33 Å². The van der Waals surface area contributed by atoms with Crippen molar-refractivity contribution in [1.29, 1.82) is 0 Å². The summed E-state index contributed by atoms with van der Waals surface area (Å²) in [5.41, 5.74) is 3.70. The molecule has 3 heteroatoms. The fourth-order valence-corrected chi connectivity index (χ4v) is 1.24. The highest BCUT2D eigenvalue weighted by atomic mass is 14.8. The second kappa shape index (κ2) is 2.94. The molecule has 0 aliphatic rings. The maximum Gasteiger partial charge on any atom is 0.116 e. The van der Waals surface area contributed by atoms with E-state index in [4.69, 9.17) is 0 Å². The first-order chi connectivity index (χ1) is 6.29. The van der Waals surface area contributed by atoms with Crippen LogP contribution in [0.2, 0.25) is 0 Å². The summed E-state index contributed by atoms with van der Waals surface area (Å²) in [5.74, 6) is 0. The third kappa shape index (κ3) is 1.28. The van der Waals surface area contributed by atoms with E-state index in [0.29, 0.717) is 0 Å². The minimum Gasteiger partial charge on any atom is -0.253 e. The van der Waals surface area contributed by atoms with Crippen LogP contribution in [0, 0.1) is 0 Å². The van der Waals surface area contributed by atoms with Gasteiger partial charge >= 0.3 is 0 Å². The monoisotopic (exact) mass is 171 g/mol. The Labute approximate surface area is 76.2 Å². The Hall–Kier alpha value is -1.77. The van der Waals surface area contributed by atoms with Gasteiger partial charge in [-0.15, -0.1) is 0 Å². The summed E-state index contributed by atoms with van der Waals surface area (Å²) in [5, 5.41) is 0. The van der Waals surface area contributed by atoms with Crippen molar-refractivity contribution in [3.05, 3.63) is 36.9 Å². The summed E-state index contributed by atoms with van der Waals surface area (Å²) in [6.07, 6.45) is 4.97. The van der Waals surface area contributed by atoms with E-state index in [-0.39, 0.29) is 0 Å². The Kier molecular flexibility index (Phi) is 1.77. The van der Waals surface area contributed by atoms with Gasteiger partial charge in [-0.3, -0.25) is 4.98 Å². The van der Waals surface area contributed by atoms with Gasteiger partial charge in [-0.25, -0.2) is 9.97 Å². The Balaban J connectivity index is 2.83. The van der Waals surface area contributed by atoms with Gasteiger partial charge in [0.25, 0.3) is 0 Å². The highest BCUT2D eigenvalue weighted by Crippen LogP contribution is 2.18. The first-order valence-electron chi connectivity index (χ1n) is 3.99. The zero-order chi connectivity index (χ0) is 9.26. The van der Waals surface area contributed by atoms with Gasteiger partial charge in [-0.1, -0.05) is 6.58 Å². The molecule has 0 radical (unpaired) electrons. The van der Waals surface area contributed by atoms with Crippen LogP contribution in [-0.2, 0) is 0 Å². The van der Waals surface area contributed by atoms with Crippen LogP contribution >= 0.6 is 0 Å². The fraction of sp³-hybridized carbons (Fsp3) is 0.100. The molecule has 0 saturated carbocycles. The largest absolute Gasteiger partial charge is 0.253 e. The first-order valence-corrected chi connectivity index (χ1v) is 3.99. The third-order valence-electron chi connectivity index (χ3n) is 1.86. The normalized spacial score (nSPS) is 10.2. The molecule has 0 bridgehead atoms. The molecular formula is C10H9N3. The van der Waals surface area contributed by atoms with Crippen molar-refractivity contribution in [3.8, 4) is 0 Å². The minimum absolute atomic E-state index is 0.808. The van der Waals surface area contributed by atoms with E-state index in [9.17, 15) is 0 Å². The van der Waals surface area contributed by atoms with Gasteiger partial charge in [0.1, 0.15) is 11.8 Å². The topological polar surface area (TPSA) is 38.7 Å². The summed E-state index contributed by atoms with van der Waals surface area (Å²) < 4.78 is 0. The van der Waals surface area contributed by atoms with E-state index in [0.717, 1.165) is 22.2 Å². The lowest BCUT2D eigenvalue weighted by Crippen LogP contribution is -1.89. The molecule has 0 amide bonds. The van der Waals surface area contributed by atoms with Gasteiger partial charge in [0.15, 0.2) is 0 Å². The lowest BCUT2D eigenvalue weighted by Gasteiger charge is -2.02. The van der Waals surface area contributed by atoms with Crippen LogP contribution in [0.5, 0.6) is 0 Å². The third-order valence-corrected chi connectivity index (χ3v) is 1.86. The van der Waals surface area contributed by atoms with Crippen molar-refractivity contribution in [2.75, 3.05) is 0 Å². The second-order valence-corrected chi connectivity index (χ2v) is 2.90. The number of allylic oxidation sites excluding steroid dienone is 1. The van der Waals surface area contributed by atoms with E-state index in [1.54, 1.807) is 12.4 Å². The molecule has 0 saturated heterocycles. The molecule has 2 aromatic rings. The van der Waals surface area contributed by atoms with Crippen LogP contribution in [0.4, 0.5) is 0 Å². The average molecular weight is 171 g/mol. The SMILES string of the molecule is C=C(C)c1ccnc2cncnc12. The number of pyridine rings is 1. The van der Waals surface area contributed by atoms with Gasteiger partial charge in [0, 0.05) is 11.8 Å². The van der Waals surface area contributed by atoms with Crippen molar-refractivity contribution in [1.82, 2.24) is 15.0 Å². The van der Waals surface area contributed by atoms with Crippen molar-refractivity contribution in [3.63, 3.8) is 0 Å². The molecule has 3 nitrogen and oxygen atoms in total. The highest BCUT2D eigenvalue weighted by molar-refractivity contribution is 5.86. The Morgan fingerprint density at radius 2 is 2.23 bits per heavy atom. The van der Waals surface area contributed by atoms with Gasteiger partial charge in [-0.2, -0.15) is 0 Å². The van der Waals surface area contributed by atoms with Crippen molar-refractivity contribution in [2.24, 2.45) is 0 Å². The number of rotatable bonds is 1. The Bertz CT molecular complexity index is 457. The molecule has 0 aromatic carbocycles. The number of hydrogen-bond donors (Lipinski definition) is 0. The summed E-state index contributed by atoms with van der Waals surface area (Å²) in [6.45, 7) is 5.84. The van der Waals surface area contributed by atoms with Crippen molar-refractivity contribution >= 4 is 16.6 Å². The summed E-state index contributed by atoms with van der Waals surface area (Å²) in [6, 6.07) is 1.91. The molecule has 2 heterocycles. The highest BCUT2D eigenvalue weighted by Gasteiger charge is 2.02. The molecule has 0 fully saturated rings. The maximum absolute atomic E-state index is 4.17. The van der Waals surface area contributed by atoms with E-state index >= 15 is 0 Å². The number of aromatic nitrogens is 3. The summed E-state index contributed by atoms with van der Waals surface area (Å²) in [7, 11) is 0. The van der Waals surface area contributed by atoms with Crippen LogP contribution in [0.25, 0.3) is 16.6 Å². The van der Waals surface area contributed by atoms with Gasteiger partial charge in [0.05, 0.1) is 11.7 Å². The molecule has 13 heavy (non-hydrogen) atoms. The molecule has 0 unspecified atom stereocenters. The lowest BCUT2D eigenvalue weighted by molar-refractivity contribution is 1.19. The molecule has 64 valence electrons. The first kappa shape index (κ1) is 7.86. The van der Waals surface area contributed by atoms with Crippen LogP contribution in [0.15, 0.2) is 31.4 Å². The fourth-order valence-electron chi connectivity index (χ4n) is 1.24. The predicted molar refractivity (Wildman–Crippen MR) is 52.0 cm³/mol. The molecule has 2 aromatic heterocycles. The predicted octanol–water partition coefficient (Wildman–Crippen LogP) is 2.06. The summed E-state index contributed by atoms with van der Waals surface area (Å²) in [4.78, 5) is 12.2. The molecular weight excluding hydrogens is 162 g/mol. The quantitative estimate of drug-likeness (QED) is 0.659. The Morgan fingerprint density at radius 1 is 1.38 bits per heavy atom. The van der Waals surface area contributed by atoms with Gasteiger partial charge in [0.2, 0.25) is 0 Å². The van der Waals surface area contributed by atoms with Gasteiger partial charge < -0.3 is 0 Å².